The molecule has 0 aliphatic rings. The number of esters is 3. The van der Waals surface area contributed by atoms with Gasteiger partial charge in [-0.1, -0.05) is 6.08 Å². The van der Waals surface area contributed by atoms with Gasteiger partial charge in [0.15, 0.2) is 0 Å². The summed E-state index contributed by atoms with van der Waals surface area (Å²) in [6.45, 7) is 1.36. The zero-order chi connectivity index (χ0) is 12.6. The van der Waals surface area contributed by atoms with Gasteiger partial charge in [-0.25, -0.2) is 9.59 Å². The first-order valence-corrected chi connectivity index (χ1v) is 4.53. The van der Waals surface area contributed by atoms with Crippen LogP contribution < -0.4 is 0 Å². The number of rotatable bonds is 5. The van der Waals surface area contributed by atoms with Crippen LogP contribution in [0.1, 0.15) is 13.3 Å². The van der Waals surface area contributed by atoms with Crippen molar-refractivity contribution in [3.63, 3.8) is 0 Å². The highest BCUT2D eigenvalue weighted by Gasteiger charge is 2.18. The summed E-state index contributed by atoms with van der Waals surface area (Å²) < 4.78 is 13.4. The van der Waals surface area contributed by atoms with Crippen molar-refractivity contribution in [1.82, 2.24) is 0 Å². The fraction of sp³-hybridized carbons (Fsp3) is 0.500. The Hall–Kier alpha value is -1.85. The first-order valence-electron chi connectivity index (χ1n) is 4.53. The fourth-order valence-electron chi connectivity index (χ4n) is 0.876. The molecule has 16 heavy (non-hydrogen) atoms. The Morgan fingerprint density at radius 1 is 1.06 bits per heavy atom. The number of carbonyl (C=O) groups excluding carboxylic acids is 3. The van der Waals surface area contributed by atoms with Gasteiger partial charge in [-0.3, -0.25) is 4.79 Å². The van der Waals surface area contributed by atoms with Gasteiger partial charge in [0.25, 0.3) is 0 Å². The molecular formula is C10H14O6. The molecule has 0 atom stereocenters. The van der Waals surface area contributed by atoms with E-state index in [9.17, 15) is 14.4 Å². The molecule has 0 N–H and O–H groups in total. The summed E-state index contributed by atoms with van der Waals surface area (Å²) in [5.74, 6) is -1.99. The third-order valence-corrected chi connectivity index (χ3v) is 1.58. The van der Waals surface area contributed by atoms with E-state index in [4.69, 9.17) is 0 Å². The quantitative estimate of drug-likeness (QED) is 0.168. The van der Waals surface area contributed by atoms with Crippen LogP contribution in [0.25, 0.3) is 0 Å². The van der Waals surface area contributed by atoms with Gasteiger partial charge in [-0.05, 0) is 0 Å². The van der Waals surface area contributed by atoms with Crippen LogP contribution in [-0.2, 0) is 28.6 Å². The largest absolute Gasteiger partial charge is 0.466 e. The minimum absolute atomic E-state index is 0.0901. The topological polar surface area (TPSA) is 78.9 Å². The molecular weight excluding hydrogens is 216 g/mol. The third-order valence-electron chi connectivity index (χ3n) is 1.58. The van der Waals surface area contributed by atoms with Gasteiger partial charge in [0.05, 0.1) is 20.8 Å². The molecule has 0 aliphatic carbocycles. The van der Waals surface area contributed by atoms with Crippen molar-refractivity contribution in [2.75, 3.05) is 20.8 Å². The van der Waals surface area contributed by atoms with Crippen LogP contribution in [0.3, 0.4) is 0 Å². The molecule has 0 heterocycles. The van der Waals surface area contributed by atoms with Gasteiger partial charge >= 0.3 is 17.9 Å². The molecule has 90 valence electrons. The molecule has 0 unspecified atom stereocenters. The Balaban J connectivity index is 4.40. The lowest BCUT2D eigenvalue weighted by molar-refractivity contribution is -0.144. The van der Waals surface area contributed by atoms with Crippen molar-refractivity contribution in [3.8, 4) is 0 Å². The average molecular weight is 230 g/mol. The van der Waals surface area contributed by atoms with Crippen LogP contribution in [0.15, 0.2) is 11.6 Å². The van der Waals surface area contributed by atoms with E-state index < -0.39 is 17.9 Å². The Labute approximate surface area is 93.2 Å². The number of ether oxygens (including phenoxy) is 3. The van der Waals surface area contributed by atoms with Crippen molar-refractivity contribution in [2.24, 2.45) is 0 Å². The Morgan fingerprint density at radius 2 is 1.56 bits per heavy atom. The maximum Gasteiger partial charge on any atom is 0.344 e. The van der Waals surface area contributed by atoms with Gasteiger partial charge < -0.3 is 14.2 Å². The lowest BCUT2D eigenvalue weighted by atomic mass is 10.2. The molecule has 0 radical (unpaired) electrons. The molecule has 0 amide bonds. The van der Waals surface area contributed by atoms with Crippen LogP contribution in [0, 0.1) is 0 Å². The monoisotopic (exact) mass is 230 g/mol. The van der Waals surface area contributed by atoms with Gasteiger partial charge in [0, 0.05) is 13.3 Å². The molecule has 0 rings (SSSR count). The number of methoxy groups -OCH3 is 2. The van der Waals surface area contributed by atoms with E-state index in [1.165, 1.54) is 13.0 Å². The highest BCUT2D eigenvalue weighted by Crippen LogP contribution is 2.02. The number of hydrogen-bond donors (Lipinski definition) is 0. The van der Waals surface area contributed by atoms with Gasteiger partial charge in [0.1, 0.15) is 5.57 Å². The van der Waals surface area contributed by atoms with E-state index >= 15 is 0 Å². The number of carbonyl (C=O) groups is 3. The molecule has 6 nitrogen and oxygen atoms in total. The molecule has 0 bridgehead atoms. The van der Waals surface area contributed by atoms with Crippen molar-refractivity contribution < 1.29 is 28.6 Å². The lowest BCUT2D eigenvalue weighted by Crippen LogP contribution is -2.16. The van der Waals surface area contributed by atoms with Crippen molar-refractivity contribution in [1.29, 1.82) is 0 Å². The molecule has 0 fully saturated rings. The molecule has 6 heteroatoms. The van der Waals surface area contributed by atoms with E-state index in [1.54, 1.807) is 0 Å². The predicted octanol–water partition coefficient (Wildman–Crippen LogP) is 0.212. The summed E-state index contributed by atoms with van der Waals surface area (Å²) in [7, 11) is 2.32. The van der Waals surface area contributed by atoms with Crippen LogP contribution in [0.2, 0.25) is 0 Å². The summed E-state index contributed by atoms with van der Waals surface area (Å²) in [5, 5.41) is 0. The third kappa shape index (κ3) is 5.14. The van der Waals surface area contributed by atoms with Crippen molar-refractivity contribution >= 4 is 17.9 Å². The second kappa shape index (κ2) is 7.44. The highest BCUT2D eigenvalue weighted by atomic mass is 16.5. The van der Waals surface area contributed by atoms with E-state index in [2.05, 4.69) is 14.2 Å². The average Bonchev–Trinajstić information content (AvgIpc) is 2.27. The molecule has 0 aromatic heterocycles. The van der Waals surface area contributed by atoms with Gasteiger partial charge in [0.2, 0.25) is 0 Å². The molecule has 0 saturated carbocycles. The summed E-state index contributed by atoms with van der Waals surface area (Å²) in [4.78, 5) is 32.7. The summed E-state index contributed by atoms with van der Waals surface area (Å²) >= 11 is 0. The first-order chi connectivity index (χ1) is 7.52. The summed E-state index contributed by atoms with van der Waals surface area (Å²) in [6, 6.07) is 0. The molecule has 0 saturated heterocycles. The minimum Gasteiger partial charge on any atom is -0.466 e. The van der Waals surface area contributed by atoms with Gasteiger partial charge in [-0.2, -0.15) is 0 Å². The minimum atomic E-state index is -0.783. The van der Waals surface area contributed by atoms with E-state index in [-0.39, 0.29) is 18.6 Å². The molecule has 0 aromatic carbocycles. The van der Waals surface area contributed by atoms with Crippen molar-refractivity contribution in [3.05, 3.63) is 11.6 Å². The van der Waals surface area contributed by atoms with Crippen molar-refractivity contribution in [2.45, 2.75) is 13.3 Å². The Kier molecular flexibility index (Phi) is 6.58. The van der Waals surface area contributed by atoms with Crippen LogP contribution >= 0.6 is 0 Å². The standard InChI is InChI=1S/C10H14O6/c1-7(11)16-6-4-5-8(9(12)14-2)10(13)15-3/h5H,4,6H2,1-3H3. The smallest absolute Gasteiger partial charge is 0.344 e. The van der Waals surface area contributed by atoms with E-state index in [0.717, 1.165) is 14.2 Å². The normalized spacial score (nSPS) is 8.94. The van der Waals surface area contributed by atoms with Crippen LogP contribution in [0.5, 0.6) is 0 Å². The second-order valence-corrected chi connectivity index (χ2v) is 2.73. The molecule has 0 spiro atoms. The Bertz CT molecular complexity index is 286. The van der Waals surface area contributed by atoms with E-state index in [0.29, 0.717) is 0 Å². The highest BCUT2D eigenvalue weighted by molar-refractivity contribution is 6.13. The lowest BCUT2D eigenvalue weighted by Gasteiger charge is -2.03. The van der Waals surface area contributed by atoms with Crippen LogP contribution in [0.4, 0.5) is 0 Å². The maximum atomic E-state index is 11.1. The predicted molar refractivity (Wildman–Crippen MR) is 53.4 cm³/mol. The maximum absolute atomic E-state index is 11.1. The van der Waals surface area contributed by atoms with Gasteiger partial charge in [-0.15, -0.1) is 0 Å². The SMILES string of the molecule is COC(=O)C(=CCCOC(C)=O)C(=O)OC. The Morgan fingerprint density at radius 3 is 1.94 bits per heavy atom. The molecule has 0 aromatic rings. The zero-order valence-electron chi connectivity index (χ0n) is 9.44. The first kappa shape index (κ1) is 14.2. The van der Waals surface area contributed by atoms with Crippen LogP contribution in [-0.4, -0.2) is 38.7 Å². The molecule has 0 aliphatic heterocycles. The zero-order valence-corrected chi connectivity index (χ0v) is 9.44. The second-order valence-electron chi connectivity index (χ2n) is 2.73. The summed E-state index contributed by atoms with van der Waals surface area (Å²) in [5.41, 5.74) is -0.211. The fourth-order valence-corrected chi connectivity index (χ4v) is 0.876. The summed E-state index contributed by atoms with van der Waals surface area (Å²) in [6.07, 6.45) is 1.54. The van der Waals surface area contributed by atoms with E-state index in [1.807, 2.05) is 0 Å². The number of hydrogen-bond acceptors (Lipinski definition) is 6.